The van der Waals surface area contributed by atoms with Gasteiger partial charge in [0.1, 0.15) is 0 Å². The van der Waals surface area contributed by atoms with Gasteiger partial charge in [-0.3, -0.25) is 0 Å². The van der Waals surface area contributed by atoms with E-state index in [4.69, 9.17) is 26.5 Å². The van der Waals surface area contributed by atoms with Crippen molar-refractivity contribution in [2.24, 2.45) is 0 Å². The van der Waals surface area contributed by atoms with Gasteiger partial charge in [-0.1, -0.05) is 0 Å². The van der Waals surface area contributed by atoms with Crippen LogP contribution in [0.2, 0.25) is 0 Å². The van der Waals surface area contributed by atoms with Crippen LogP contribution >= 0.6 is 11.5 Å². The molecule has 2 N–H and O–H groups in total. The Kier molecular flexibility index (Phi) is 13.9. The Morgan fingerprint density at radius 2 is 1.71 bits per heavy atom. The molecule has 0 fully saturated rings. The maximum absolute atomic E-state index is 8.56. The second-order valence-corrected chi connectivity index (χ2v) is 1.08. The van der Waals surface area contributed by atoms with Gasteiger partial charge in [0.15, 0.2) is 0 Å². The van der Waals surface area contributed by atoms with Crippen LogP contribution < -0.4 is 0 Å². The number of carboxylic acid groups (broad SMARTS) is 2. The minimum atomic E-state index is -1.83. The van der Waals surface area contributed by atoms with Crippen LogP contribution in [0.4, 0.5) is 4.79 Å². The summed E-state index contributed by atoms with van der Waals surface area (Å²) in [6.07, 6.45) is -1.83. The van der Waals surface area contributed by atoms with E-state index in [0.717, 1.165) is 5.27 Å². The van der Waals surface area contributed by atoms with Gasteiger partial charge in [-0.15, -0.1) is 0 Å². The fraction of sp³-hybridized carbons (Fsp3) is 0. The first-order valence-corrected chi connectivity index (χ1v) is 2.16. The van der Waals surface area contributed by atoms with Gasteiger partial charge >= 0.3 is 40.4 Å². The van der Waals surface area contributed by atoms with Crippen LogP contribution in [-0.2, 0) is 0 Å². The standard InChI is InChI=1S/CH2O3.BClH.Li/c2-1(3)4;1-2;/h(H2,2,3,4);1H;/q;+1;-1. The molecule has 0 aromatic rings. The fourth-order valence-corrected chi connectivity index (χ4v) is 0. The van der Waals surface area contributed by atoms with Crippen LogP contribution in [0, 0.1) is 0 Å². The first kappa shape index (κ1) is 10.3. The molecule has 0 aromatic heterocycles. The molecular formula is CH3BClLiO3. The van der Waals surface area contributed by atoms with Crippen molar-refractivity contribution in [2.75, 3.05) is 0 Å². The normalized spacial score (nSPS) is 5.57. The average Bonchev–Trinajstić information content (AvgIpc) is 1.33. The molecular weight excluding hydrogens is 113 g/mol. The van der Waals surface area contributed by atoms with Gasteiger partial charge in [0.2, 0.25) is 0 Å². The van der Waals surface area contributed by atoms with Crippen molar-refractivity contribution in [3.05, 3.63) is 0 Å². The van der Waals surface area contributed by atoms with Crippen LogP contribution in [-0.4, -0.2) is 39.2 Å². The first-order chi connectivity index (χ1) is 3.15. The van der Waals surface area contributed by atoms with Crippen LogP contribution in [0.5, 0.6) is 0 Å². The molecule has 0 amide bonds. The zero-order valence-corrected chi connectivity index (χ0v) is 4.64. The molecule has 0 spiro atoms. The van der Waals surface area contributed by atoms with E-state index in [9.17, 15) is 0 Å². The predicted molar refractivity (Wildman–Crippen MR) is 29.4 cm³/mol. The molecule has 0 saturated heterocycles. The Bertz CT molecular complexity index is 46.2. The number of hydrogen-bond donors (Lipinski definition) is 2. The molecule has 0 bridgehead atoms. The second-order valence-electron chi connectivity index (χ2n) is 0.550. The molecule has 0 aliphatic carbocycles. The Morgan fingerprint density at radius 3 is 1.71 bits per heavy atom. The summed E-state index contributed by atoms with van der Waals surface area (Å²) >= 11 is 6.89. The van der Waals surface area contributed by atoms with Crippen LogP contribution in [0.25, 0.3) is 0 Å². The predicted octanol–water partition coefficient (Wildman–Crippen LogP) is -0.117. The molecule has 7 heavy (non-hydrogen) atoms. The monoisotopic (exact) mass is 116 g/mol. The first-order valence-electron chi connectivity index (χ1n) is 1.63. The molecule has 0 aliphatic rings. The summed E-state index contributed by atoms with van der Waals surface area (Å²) in [5, 5.41) is 14.7. The summed E-state index contributed by atoms with van der Waals surface area (Å²) in [5.41, 5.74) is 0. The summed E-state index contributed by atoms with van der Waals surface area (Å²) in [6, 6.07) is 0. The zero-order valence-electron chi connectivity index (χ0n) is 3.89. The Labute approximate surface area is 55.8 Å². The summed E-state index contributed by atoms with van der Waals surface area (Å²) in [4.78, 5) is 8.56. The van der Waals surface area contributed by atoms with Gasteiger partial charge in [0.05, 0.1) is 0 Å². The third-order valence-electron chi connectivity index (χ3n) is 0. The third-order valence-corrected chi connectivity index (χ3v) is 0. The quantitative estimate of drug-likeness (QED) is 0.434. The van der Waals surface area contributed by atoms with Crippen molar-refractivity contribution < 1.29 is 15.0 Å². The Balaban J connectivity index is 0. The van der Waals surface area contributed by atoms with Gasteiger partial charge in [-0.2, -0.15) is 0 Å². The maximum atomic E-state index is 8.56. The van der Waals surface area contributed by atoms with Gasteiger partial charge in [0.25, 0.3) is 0 Å². The van der Waals surface area contributed by atoms with E-state index in [0.29, 0.717) is 0 Å². The van der Waals surface area contributed by atoms with E-state index < -0.39 is 6.16 Å². The number of halogens is 1. The van der Waals surface area contributed by atoms with Crippen molar-refractivity contribution >= 4 is 40.4 Å². The van der Waals surface area contributed by atoms with Crippen LogP contribution in [0.1, 0.15) is 0 Å². The second kappa shape index (κ2) is 9.52. The summed E-state index contributed by atoms with van der Waals surface area (Å²) < 4.78 is 0. The average molecular weight is 116 g/mol. The van der Waals surface area contributed by atoms with Crippen molar-refractivity contribution in [1.82, 2.24) is 0 Å². The molecule has 0 unspecified atom stereocenters. The fourth-order valence-electron chi connectivity index (χ4n) is 0. The molecule has 36 valence electrons. The molecule has 0 aliphatic heterocycles. The molecule has 3 nitrogen and oxygen atoms in total. The zero-order chi connectivity index (χ0) is 6.28. The van der Waals surface area contributed by atoms with Gasteiger partial charge < -0.3 is 10.2 Å². The van der Waals surface area contributed by atoms with Crippen molar-refractivity contribution in [3.8, 4) is 0 Å². The molecule has 0 saturated carbocycles. The van der Waals surface area contributed by atoms with Crippen LogP contribution in [0.3, 0.4) is 0 Å². The molecule has 0 heterocycles. The third kappa shape index (κ3) is 2240. The number of hydrogen-bond acceptors (Lipinski definition) is 1. The summed E-state index contributed by atoms with van der Waals surface area (Å²) in [5.74, 6) is 0. The van der Waals surface area contributed by atoms with E-state index in [1.54, 1.807) is 0 Å². The molecule has 0 aromatic carbocycles. The minimum absolute atomic E-state index is 0.722. The topological polar surface area (TPSA) is 57.5 Å². The van der Waals surface area contributed by atoms with Crippen LogP contribution in [0.15, 0.2) is 0 Å². The Hall–Kier alpha value is 0.222. The van der Waals surface area contributed by atoms with Crippen molar-refractivity contribution in [2.45, 2.75) is 0 Å². The van der Waals surface area contributed by atoms with Gasteiger partial charge in [0, 0.05) is 0 Å². The van der Waals surface area contributed by atoms with Crippen molar-refractivity contribution in [3.63, 3.8) is 0 Å². The summed E-state index contributed by atoms with van der Waals surface area (Å²) in [7, 11) is 0. The van der Waals surface area contributed by atoms with E-state index in [1.165, 1.54) is 0 Å². The van der Waals surface area contributed by atoms with Gasteiger partial charge in [-0.05, 0) is 0 Å². The van der Waals surface area contributed by atoms with E-state index in [2.05, 4.69) is 0 Å². The molecule has 0 rings (SSSR count). The summed E-state index contributed by atoms with van der Waals surface area (Å²) in [6.45, 7) is 0. The van der Waals surface area contributed by atoms with Gasteiger partial charge in [-0.25, -0.2) is 4.79 Å². The molecule has 0 atom stereocenters. The molecule has 0 radical (unpaired) electrons. The number of carbonyl (C=O) groups is 1. The van der Waals surface area contributed by atoms with E-state index in [1.807, 2.05) is 17.5 Å². The Morgan fingerprint density at radius 1 is 1.71 bits per heavy atom. The van der Waals surface area contributed by atoms with E-state index in [-0.39, 0.29) is 0 Å². The molecule has 6 heteroatoms. The van der Waals surface area contributed by atoms with E-state index >= 15 is 0 Å². The van der Waals surface area contributed by atoms with Crippen molar-refractivity contribution in [1.29, 1.82) is 0 Å². The number of rotatable bonds is 0. The SMILES string of the molecule is O=C(O)O.[Li][BH]Cl.